The van der Waals surface area contributed by atoms with Crippen molar-refractivity contribution in [3.05, 3.63) is 40.9 Å². The Labute approximate surface area is 157 Å². The molecule has 2 heterocycles. The van der Waals surface area contributed by atoms with Crippen molar-refractivity contribution in [3.63, 3.8) is 0 Å². The number of alkyl halides is 3. The molecule has 146 valence electrons. The van der Waals surface area contributed by atoms with Gasteiger partial charge in [-0.15, -0.1) is 0 Å². The highest BCUT2D eigenvalue weighted by atomic mass is 32.2. The summed E-state index contributed by atoms with van der Waals surface area (Å²) in [5.74, 6) is -0.465. The molecule has 1 aromatic heterocycles. The molecule has 0 unspecified atom stereocenters. The van der Waals surface area contributed by atoms with Crippen molar-refractivity contribution >= 4 is 32.1 Å². The van der Waals surface area contributed by atoms with Gasteiger partial charge in [0.15, 0.2) is 5.13 Å². The fraction of sp³-hybridized carbons (Fsp3) is 0.375. The summed E-state index contributed by atoms with van der Waals surface area (Å²) in [5, 5.41) is 9.77. The van der Waals surface area contributed by atoms with E-state index in [4.69, 9.17) is 0 Å². The number of hydrogen-bond donors (Lipinski definition) is 1. The van der Waals surface area contributed by atoms with Gasteiger partial charge in [0.25, 0.3) is 9.84 Å². The van der Waals surface area contributed by atoms with Crippen molar-refractivity contribution in [2.45, 2.75) is 16.8 Å². The zero-order valence-electron chi connectivity index (χ0n) is 13.8. The number of benzene rings is 1. The zero-order chi connectivity index (χ0) is 19.8. The van der Waals surface area contributed by atoms with Gasteiger partial charge in [-0.3, -0.25) is 4.79 Å². The molecule has 1 aromatic carbocycles. The molecule has 2 aromatic rings. The van der Waals surface area contributed by atoms with Crippen molar-refractivity contribution < 1.29 is 31.5 Å². The minimum atomic E-state index is -5.53. The van der Waals surface area contributed by atoms with Gasteiger partial charge in [0.2, 0.25) is 5.78 Å². The van der Waals surface area contributed by atoms with Gasteiger partial charge in [0.05, 0.1) is 16.0 Å². The smallest absolute Gasteiger partial charge is 0.396 e. The van der Waals surface area contributed by atoms with E-state index < -0.39 is 26.0 Å². The first-order valence-electron chi connectivity index (χ1n) is 7.91. The van der Waals surface area contributed by atoms with Gasteiger partial charge in [-0.1, -0.05) is 23.5 Å². The second-order valence-corrected chi connectivity index (χ2v) is 9.05. The largest absolute Gasteiger partial charge is 0.501 e. The Balaban J connectivity index is 1.84. The summed E-state index contributed by atoms with van der Waals surface area (Å²) in [7, 11) is -5.53. The molecule has 0 aliphatic carbocycles. The maximum Gasteiger partial charge on any atom is 0.501 e. The summed E-state index contributed by atoms with van der Waals surface area (Å²) >= 11 is 1.08. The number of thiazole rings is 1. The van der Waals surface area contributed by atoms with Crippen LogP contribution in [0, 0.1) is 5.92 Å². The Morgan fingerprint density at radius 2 is 2.11 bits per heavy atom. The topological polar surface area (TPSA) is 87.6 Å². The Hall–Kier alpha value is -1.98. The number of aliphatic hydroxyl groups excluding tert-OH is 1. The minimum absolute atomic E-state index is 0.0636. The molecule has 1 fully saturated rings. The van der Waals surface area contributed by atoms with Crippen LogP contribution >= 0.6 is 11.3 Å². The van der Waals surface area contributed by atoms with E-state index in [0.29, 0.717) is 18.2 Å². The minimum Gasteiger partial charge on any atom is -0.396 e. The summed E-state index contributed by atoms with van der Waals surface area (Å²) in [5.41, 5.74) is -5.60. The highest BCUT2D eigenvalue weighted by Crippen LogP contribution is 2.32. The number of aromatic nitrogens is 1. The molecule has 6 nitrogen and oxygen atoms in total. The number of carbonyl (C=O) groups is 1. The van der Waals surface area contributed by atoms with Crippen molar-refractivity contribution in [3.8, 4) is 0 Å². The first-order chi connectivity index (χ1) is 12.6. The zero-order valence-corrected chi connectivity index (χ0v) is 15.4. The summed E-state index contributed by atoms with van der Waals surface area (Å²) < 4.78 is 61.2. The number of nitrogens with zero attached hydrogens (tertiary/aromatic N) is 2. The Bertz CT molecular complexity index is 957. The van der Waals surface area contributed by atoms with Crippen molar-refractivity contribution in [2.24, 2.45) is 5.92 Å². The molecule has 11 heteroatoms. The quantitative estimate of drug-likeness (QED) is 0.748. The second kappa shape index (κ2) is 7.21. The summed E-state index contributed by atoms with van der Waals surface area (Å²) in [4.78, 5) is 17.9. The van der Waals surface area contributed by atoms with Crippen molar-refractivity contribution in [1.82, 2.24) is 4.98 Å². The predicted octanol–water partition coefficient (Wildman–Crippen LogP) is 2.49. The van der Waals surface area contributed by atoms with E-state index in [1.807, 2.05) is 4.90 Å². The molecule has 1 aliphatic rings. The van der Waals surface area contributed by atoms with E-state index >= 15 is 0 Å². The number of carbonyl (C=O) groups excluding carboxylic acids is 1. The molecule has 1 aliphatic heterocycles. The molecule has 27 heavy (non-hydrogen) atoms. The van der Waals surface area contributed by atoms with Gasteiger partial charge in [0.1, 0.15) is 0 Å². The van der Waals surface area contributed by atoms with Crippen LogP contribution in [-0.2, 0) is 9.84 Å². The lowest BCUT2D eigenvalue weighted by molar-refractivity contribution is -0.0436. The van der Waals surface area contributed by atoms with Crippen LogP contribution in [-0.4, -0.2) is 49.5 Å². The third kappa shape index (κ3) is 3.85. The summed E-state index contributed by atoms with van der Waals surface area (Å²) in [6.45, 7) is 1.36. The molecule has 0 saturated carbocycles. The molecule has 0 radical (unpaired) electrons. The molecule has 0 amide bonds. The molecular formula is C16H15F3N2O4S2. The third-order valence-electron chi connectivity index (χ3n) is 4.24. The molecule has 3 rings (SSSR count). The van der Waals surface area contributed by atoms with Gasteiger partial charge in [-0.05, 0) is 18.6 Å². The number of halogens is 3. The standard InChI is InChI=1S/C16H15F3N2O4S2/c17-16(18,19)27(24,25)12-3-1-2-11(6-12)14(23)13-7-20-15(26-13)21-5-4-10(8-21)9-22/h1-3,6-7,10,22H,4-5,8-9H2/t10-/m0/s1. The molecule has 1 N–H and O–H groups in total. The van der Waals surface area contributed by atoms with Crippen LogP contribution in [0.4, 0.5) is 18.3 Å². The lowest BCUT2D eigenvalue weighted by Gasteiger charge is -2.13. The number of anilines is 1. The fourth-order valence-corrected chi connectivity index (χ4v) is 4.47. The first kappa shape index (κ1) is 19.8. The molecule has 1 saturated heterocycles. The number of aliphatic hydroxyl groups is 1. The highest BCUT2D eigenvalue weighted by Gasteiger charge is 2.47. The molecular weight excluding hydrogens is 405 g/mol. The van der Waals surface area contributed by atoms with Crippen LogP contribution in [0.2, 0.25) is 0 Å². The maximum atomic E-state index is 12.7. The van der Waals surface area contributed by atoms with Crippen LogP contribution in [0.25, 0.3) is 0 Å². The number of sulfone groups is 1. The Kier molecular flexibility index (Phi) is 5.28. The van der Waals surface area contributed by atoms with E-state index in [1.165, 1.54) is 12.3 Å². The third-order valence-corrected chi connectivity index (χ3v) is 6.78. The van der Waals surface area contributed by atoms with Crippen LogP contribution in [0.3, 0.4) is 0 Å². The average molecular weight is 420 g/mol. The molecule has 0 bridgehead atoms. The van der Waals surface area contributed by atoms with E-state index in [-0.39, 0.29) is 23.0 Å². The Morgan fingerprint density at radius 1 is 1.37 bits per heavy atom. The molecule has 0 spiro atoms. The van der Waals surface area contributed by atoms with E-state index in [0.717, 1.165) is 36.0 Å². The lowest BCUT2D eigenvalue weighted by Crippen LogP contribution is -2.23. The number of hydrogen-bond acceptors (Lipinski definition) is 7. The van der Waals surface area contributed by atoms with Gasteiger partial charge in [0, 0.05) is 31.2 Å². The normalized spacial score (nSPS) is 18.1. The fourth-order valence-electron chi connectivity index (χ4n) is 2.75. The lowest BCUT2D eigenvalue weighted by atomic mass is 10.1. The van der Waals surface area contributed by atoms with E-state index in [2.05, 4.69) is 4.98 Å². The number of rotatable bonds is 5. The van der Waals surface area contributed by atoms with E-state index in [9.17, 15) is 31.5 Å². The van der Waals surface area contributed by atoms with Crippen LogP contribution in [0.5, 0.6) is 0 Å². The summed E-state index contributed by atoms with van der Waals surface area (Å²) in [6, 6.07) is 3.88. The van der Waals surface area contributed by atoms with Crippen LogP contribution < -0.4 is 4.90 Å². The van der Waals surface area contributed by atoms with Crippen molar-refractivity contribution in [1.29, 1.82) is 0 Å². The monoisotopic (exact) mass is 420 g/mol. The SMILES string of the molecule is O=C(c1cccc(S(=O)(=O)C(F)(F)F)c1)c1cnc(N2CC[C@H](CO)C2)s1. The van der Waals surface area contributed by atoms with E-state index in [1.54, 1.807) is 0 Å². The first-order valence-corrected chi connectivity index (χ1v) is 10.2. The van der Waals surface area contributed by atoms with Gasteiger partial charge in [-0.2, -0.15) is 13.2 Å². The second-order valence-electron chi connectivity index (χ2n) is 6.10. The highest BCUT2D eigenvalue weighted by molar-refractivity contribution is 7.92. The predicted molar refractivity (Wildman–Crippen MR) is 92.6 cm³/mol. The van der Waals surface area contributed by atoms with Crippen LogP contribution in [0.15, 0.2) is 35.4 Å². The maximum absolute atomic E-state index is 12.7. The average Bonchev–Trinajstić information content (AvgIpc) is 3.29. The van der Waals surface area contributed by atoms with Crippen molar-refractivity contribution in [2.75, 3.05) is 24.6 Å². The summed E-state index contributed by atoms with van der Waals surface area (Å²) in [6.07, 6.45) is 2.12. The number of ketones is 1. The van der Waals surface area contributed by atoms with Gasteiger partial charge < -0.3 is 10.0 Å². The van der Waals surface area contributed by atoms with Gasteiger partial charge >= 0.3 is 5.51 Å². The van der Waals surface area contributed by atoms with Gasteiger partial charge in [-0.25, -0.2) is 13.4 Å². The molecule has 1 atom stereocenters. The van der Waals surface area contributed by atoms with Crippen LogP contribution in [0.1, 0.15) is 21.7 Å². The Morgan fingerprint density at radius 3 is 2.74 bits per heavy atom.